The summed E-state index contributed by atoms with van der Waals surface area (Å²) in [5.74, 6) is 1.08. The largest absolute Gasteiger partial charge is 0.391 e. The Hall–Kier alpha value is -2.41. The third kappa shape index (κ3) is 3.19. The van der Waals surface area contributed by atoms with Crippen LogP contribution < -0.4 is 5.32 Å². The maximum absolute atomic E-state index is 12.3. The first kappa shape index (κ1) is 15.5. The molecule has 1 fully saturated rings. The maximum Gasteiger partial charge on any atom is 0.322 e. The van der Waals surface area contributed by atoms with Crippen molar-refractivity contribution < 1.29 is 14.4 Å². The van der Waals surface area contributed by atoms with E-state index in [0.29, 0.717) is 36.8 Å². The fourth-order valence-corrected chi connectivity index (χ4v) is 2.66. The van der Waals surface area contributed by atoms with Crippen molar-refractivity contribution in [1.29, 1.82) is 0 Å². The van der Waals surface area contributed by atoms with Gasteiger partial charge in [-0.1, -0.05) is 24.2 Å². The van der Waals surface area contributed by atoms with Gasteiger partial charge in [-0.3, -0.25) is 0 Å². The van der Waals surface area contributed by atoms with Crippen LogP contribution in [0.4, 0.5) is 10.5 Å². The van der Waals surface area contributed by atoms with Crippen molar-refractivity contribution >= 4 is 11.7 Å². The molecule has 23 heavy (non-hydrogen) atoms. The number of hydrogen-bond acceptors (Lipinski definition) is 5. The highest BCUT2D eigenvalue weighted by molar-refractivity contribution is 5.90. The number of rotatable bonds is 3. The molecule has 7 heteroatoms. The predicted molar refractivity (Wildman–Crippen MR) is 84.9 cm³/mol. The molecule has 2 atom stereocenters. The molecular formula is C16H20N4O3. The van der Waals surface area contributed by atoms with Crippen molar-refractivity contribution in [3.05, 3.63) is 30.2 Å². The van der Waals surface area contributed by atoms with Gasteiger partial charge in [-0.2, -0.15) is 4.98 Å². The Kier molecular flexibility index (Phi) is 4.29. The monoisotopic (exact) mass is 316 g/mol. The van der Waals surface area contributed by atoms with Gasteiger partial charge < -0.3 is 19.8 Å². The van der Waals surface area contributed by atoms with E-state index < -0.39 is 6.10 Å². The topological polar surface area (TPSA) is 91.5 Å². The van der Waals surface area contributed by atoms with Crippen LogP contribution in [0.1, 0.15) is 26.2 Å². The minimum absolute atomic E-state index is 0.178. The van der Waals surface area contributed by atoms with Crippen LogP contribution in [0, 0.1) is 0 Å². The van der Waals surface area contributed by atoms with Gasteiger partial charge in [0.2, 0.25) is 11.7 Å². The van der Waals surface area contributed by atoms with E-state index in [1.807, 2.05) is 26.0 Å². The van der Waals surface area contributed by atoms with Crippen LogP contribution in [0.3, 0.4) is 0 Å². The number of aryl methyl sites for hydroxylation is 1. The number of aliphatic hydroxyl groups is 1. The lowest BCUT2D eigenvalue weighted by Gasteiger charge is -2.23. The molecule has 3 rings (SSSR count). The van der Waals surface area contributed by atoms with Gasteiger partial charge in [0.25, 0.3) is 0 Å². The number of benzene rings is 1. The lowest BCUT2D eigenvalue weighted by atomic mass is 10.2. The summed E-state index contributed by atoms with van der Waals surface area (Å²) in [7, 11) is 0. The molecule has 1 aromatic heterocycles. The fraction of sp³-hybridized carbons (Fsp3) is 0.438. The van der Waals surface area contributed by atoms with Crippen LogP contribution in [0.2, 0.25) is 0 Å². The number of nitrogens with zero attached hydrogens (tertiary/aromatic N) is 3. The smallest absolute Gasteiger partial charge is 0.322 e. The molecule has 2 N–H and O–H groups in total. The van der Waals surface area contributed by atoms with Crippen molar-refractivity contribution in [2.75, 3.05) is 11.9 Å². The predicted octanol–water partition coefficient (Wildman–Crippen LogP) is 2.29. The summed E-state index contributed by atoms with van der Waals surface area (Å²) in [6, 6.07) is 6.91. The minimum Gasteiger partial charge on any atom is -0.391 e. The van der Waals surface area contributed by atoms with Gasteiger partial charge in [0.1, 0.15) is 0 Å². The lowest BCUT2D eigenvalue weighted by Crippen LogP contribution is -2.40. The number of aliphatic hydroxyl groups excluding tert-OH is 1. The first-order valence-corrected chi connectivity index (χ1v) is 7.77. The molecule has 122 valence electrons. The van der Waals surface area contributed by atoms with Crippen molar-refractivity contribution in [2.24, 2.45) is 0 Å². The van der Waals surface area contributed by atoms with E-state index in [9.17, 15) is 9.90 Å². The van der Waals surface area contributed by atoms with Crippen LogP contribution in [-0.4, -0.2) is 44.9 Å². The van der Waals surface area contributed by atoms with Gasteiger partial charge in [-0.15, -0.1) is 0 Å². The van der Waals surface area contributed by atoms with Crippen molar-refractivity contribution in [2.45, 2.75) is 38.8 Å². The molecule has 1 aromatic carbocycles. The Morgan fingerprint density at radius 1 is 1.52 bits per heavy atom. The summed E-state index contributed by atoms with van der Waals surface area (Å²) >= 11 is 0. The second-order valence-corrected chi connectivity index (χ2v) is 5.67. The molecule has 2 heterocycles. The second-order valence-electron chi connectivity index (χ2n) is 5.67. The molecule has 1 aliphatic rings. The SMILES string of the molecule is CCc1nc(-c2cccc(NC(=O)N3CC[C@H](O)[C@@H]3C)c2)no1. The van der Waals surface area contributed by atoms with Crippen LogP contribution in [0.5, 0.6) is 0 Å². The molecule has 0 saturated carbocycles. The molecule has 0 radical (unpaired) electrons. The number of carbonyl (C=O) groups is 1. The fourth-order valence-electron chi connectivity index (χ4n) is 2.66. The molecule has 0 unspecified atom stereocenters. The number of urea groups is 1. The third-order valence-electron chi connectivity index (χ3n) is 4.12. The summed E-state index contributed by atoms with van der Waals surface area (Å²) in [6.45, 7) is 4.34. The lowest BCUT2D eigenvalue weighted by molar-refractivity contribution is 0.135. The van der Waals surface area contributed by atoms with Gasteiger partial charge in [0.05, 0.1) is 12.1 Å². The summed E-state index contributed by atoms with van der Waals surface area (Å²) < 4.78 is 5.11. The van der Waals surface area contributed by atoms with E-state index in [1.54, 1.807) is 17.0 Å². The summed E-state index contributed by atoms with van der Waals surface area (Å²) in [5.41, 5.74) is 1.43. The van der Waals surface area contributed by atoms with Gasteiger partial charge in [-0.05, 0) is 25.5 Å². The molecule has 7 nitrogen and oxygen atoms in total. The van der Waals surface area contributed by atoms with Crippen molar-refractivity contribution in [3.63, 3.8) is 0 Å². The molecule has 2 amide bonds. The molecule has 0 aliphatic carbocycles. The Balaban J connectivity index is 1.74. The van der Waals surface area contributed by atoms with E-state index in [0.717, 1.165) is 5.56 Å². The number of amides is 2. The van der Waals surface area contributed by atoms with E-state index in [2.05, 4.69) is 15.5 Å². The zero-order chi connectivity index (χ0) is 16.4. The Labute approximate surface area is 134 Å². The number of carbonyl (C=O) groups excluding carboxylic acids is 1. The van der Waals surface area contributed by atoms with Crippen LogP contribution >= 0.6 is 0 Å². The van der Waals surface area contributed by atoms with E-state index in [1.165, 1.54) is 0 Å². The average molecular weight is 316 g/mol. The number of anilines is 1. The first-order valence-electron chi connectivity index (χ1n) is 7.77. The highest BCUT2D eigenvalue weighted by atomic mass is 16.5. The first-order chi connectivity index (χ1) is 11.1. The zero-order valence-corrected chi connectivity index (χ0v) is 13.2. The third-order valence-corrected chi connectivity index (χ3v) is 4.12. The number of hydrogen-bond donors (Lipinski definition) is 2. The van der Waals surface area contributed by atoms with Crippen LogP contribution in [0.25, 0.3) is 11.4 Å². The van der Waals surface area contributed by atoms with Gasteiger partial charge in [-0.25, -0.2) is 4.79 Å². The number of aromatic nitrogens is 2. The standard InChI is InChI=1S/C16H20N4O3/c1-3-14-18-15(19-23-14)11-5-4-6-12(9-11)17-16(22)20-8-7-13(21)10(20)2/h4-6,9-10,13,21H,3,7-8H2,1-2H3,(H,17,22)/t10-,13-/m0/s1. The molecule has 1 aliphatic heterocycles. The van der Waals surface area contributed by atoms with Gasteiger partial charge >= 0.3 is 6.03 Å². The Bertz CT molecular complexity index is 700. The van der Waals surface area contributed by atoms with Crippen molar-refractivity contribution in [1.82, 2.24) is 15.0 Å². The Morgan fingerprint density at radius 3 is 3.00 bits per heavy atom. The van der Waals surface area contributed by atoms with Gasteiger partial charge in [0, 0.05) is 24.2 Å². The average Bonchev–Trinajstić information content (AvgIpc) is 3.15. The molecule has 2 aromatic rings. The Morgan fingerprint density at radius 2 is 2.35 bits per heavy atom. The summed E-state index contributed by atoms with van der Waals surface area (Å²) in [4.78, 5) is 18.2. The highest BCUT2D eigenvalue weighted by Crippen LogP contribution is 2.22. The van der Waals surface area contributed by atoms with Crippen molar-refractivity contribution in [3.8, 4) is 11.4 Å². The highest BCUT2D eigenvalue weighted by Gasteiger charge is 2.32. The number of likely N-dealkylation sites (tertiary alicyclic amines) is 1. The van der Waals surface area contributed by atoms with E-state index in [-0.39, 0.29) is 12.1 Å². The summed E-state index contributed by atoms with van der Waals surface area (Å²) in [6.07, 6.45) is 0.828. The minimum atomic E-state index is -0.459. The number of nitrogens with one attached hydrogen (secondary N) is 1. The van der Waals surface area contributed by atoms with E-state index in [4.69, 9.17) is 4.52 Å². The normalized spacial score (nSPS) is 20.7. The van der Waals surface area contributed by atoms with Crippen LogP contribution in [0.15, 0.2) is 28.8 Å². The quantitative estimate of drug-likeness (QED) is 0.906. The molecule has 0 bridgehead atoms. The molecule has 0 spiro atoms. The van der Waals surface area contributed by atoms with E-state index >= 15 is 0 Å². The molecular weight excluding hydrogens is 296 g/mol. The van der Waals surface area contributed by atoms with Gasteiger partial charge in [0.15, 0.2) is 0 Å². The zero-order valence-electron chi connectivity index (χ0n) is 13.2. The summed E-state index contributed by atoms with van der Waals surface area (Å²) in [5, 5.41) is 16.5. The second kappa shape index (κ2) is 6.37. The molecule has 1 saturated heterocycles. The van der Waals surface area contributed by atoms with Crippen LogP contribution in [-0.2, 0) is 6.42 Å². The maximum atomic E-state index is 12.3.